The summed E-state index contributed by atoms with van der Waals surface area (Å²) in [6.07, 6.45) is 0. The number of allylic oxidation sites excluding steroid dienone is 2. The molecule has 0 N–H and O–H groups in total. The highest BCUT2D eigenvalue weighted by molar-refractivity contribution is 5.04. The van der Waals surface area contributed by atoms with Crippen LogP contribution >= 0.6 is 0 Å². The minimum atomic E-state index is -0.0417. The molecule has 0 atom stereocenters. The molecule has 0 aliphatic carbocycles. The fraction of sp³-hybridized carbons (Fsp3) is 0.714. The Morgan fingerprint density at radius 1 is 1.25 bits per heavy atom. The lowest BCUT2D eigenvalue weighted by Crippen LogP contribution is -1.89. The molecule has 0 aliphatic heterocycles. The summed E-state index contributed by atoms with van der Waals surface area (Å²) in [6, 6.07) is 0. The van der Waals surface area contributed by atoms with Crippen LogP contribution in [0.5, 0.6) is 0 Å². The largest absolute Gasteiger partial charge is 0.212 e. The van der Waals surface area contributed by atoms with E-state index in [0.29, 0.717) is 5.92 Å². The van der Waals surface area contributed by atoms with E-state index in [1.54, 1.807) is 0 Å². The highest BCUT2D eigenvalue weighted by atomic mass is 19.1. The molecule has 0 aliphatic rings. The van der Waals surface area contributed by atoms with Crippen molar-refractivity contribution in [3.63, 3.8) is 0 Å². The summed E-state index contributed by atoms with van der Waals surface area (Å²) in [6.45, 7) is 7.28. The maximum Gasteiger partial charge on any atom is 0.0960 e. The molecule has 48 valence electrons. The molecule has 0 unspecified atom stereocenters. The molecular weight excluding hydrogens is 103 g/mol. The van der Waals surface area contributed by atoms with E-state index in [2.05, 4.69) is 0 Å². The summed E-state index contributed by atoms with van der Waals surface area (Å²) in [5.74, 6) is 0.306. The van der Waals surface area contributed by atoms with Crippen LogP contribution in [-0.4, -0.2) is 0 Å². The van der Waals surface area contributed by atoms with E-state index in [4.69, 9.17) is 0 Å². The van der Waals surface area contributed by atoms with Crippen molar-refractivity contribution in [2.45, 2.75) is 27.7 Å². The number of rotatable bonds is 1. The Morgan fingerprint density at radius 3 is 1.62 bits per heavy atom. The first kappa shape index (κ1) is 7.67. The highest BCUT2D eigenvalue weighted by Gasteiger charge is 1.98. The van der Waals surface area contributed by atoms with Crippen molar-refractivity contribution in [3.8, 4) is 0 Å². The standard InChI is InChI=1S/C7H13F/c1-5(2)6(3)7(4)8/h5H,1-4H3/b7-6-. The van der Waals surface area contributed by atoms with Crippen LogP contribution in [0.1, 0.15) is 27.7 Å². The van der Waals surface area contributed by atoms with Gasteiger partial charge in [-0.2, -0.15) is 0 Å². The van der Waals surface area contributed by atoms with Crippen molar-refractivity contribution < 1.29 is 4.39 Å². The van der Waals surface area contributed by atoms with Crippen LogP contribution in [0.2, 0.25) is 0 Å². The number of hydrogen-bond donors (Lipinski definition) is 0. The van der Waals surface area contributed by atoms with Crippen molar-refractivity contribution in [3.05, 3.63) is 11.4 Å². The molecule has 0 heterocycles. The molecule has 0 spiro atoms. The van der Waals surface area contributed by atoms with E-state index in [9.17, 15) is 4.39 Å². The first-order chi connectivity index (χ1) is 3.55. The van der Waals surface area contributed by atoms with Crippen LogP contribution in [0.4, 0.5) is 4.39 Å². The predicted octanol–water partition coefficient (Wildman–Crippen LogP) is 2.91. The summed E-state index contributed by atoms with van der Waals surface area (Å²) in [5, 5.41) is 0. The molecule has 0 aromatic rings. The molecule has 0 aromatic heterocycles. The quantitative estimate of drug-likeness (QED) is 0.494. The van der Waals surface area contributed by atoms with Gasteiger partial charge in [0, 0.05) is 0 Å². The number of hydrogen-bond acceptors (Lipinski definition) is 0. The number of halogens is 1. The van der Waals surface area contributed by atoms with Gasteiger partial charge in [0.25, 0.3) is 0 Å². The van der Waals surface area contributed by atoms with Gasteiger partial charge in [-0.1, -0.05) is 13.8 Å². The lowest BCUT2D eigenvalue weighted by Gasteiger charge is -2.02. The van der Waals surface area contributed by atoms with E-state index < -0.39 is 0 Å². The van der Waals surface area contributed by atoms with E-state index in [-0.39, 0.29) is 5.83 Å². The van der Waals surface area contributed by atoms with Gasteiger partial charge < -0.3 is 0 Å². The normalized spacial score (nSPS) is 14.2. The summed E-state index contributed by atoms with van der Waals surface area (Å²) < 4.78 is 12.2. The first-order valence-corrected chi connectivity index (χ1v) is 2.88. The summed E-state index contributed by atoms with van der Waals surface area (Å²) in [5.41, 5.74) is 0.852. The van der Waals surface area contributed by atoms with E-state index in [1.165, 1.54) is 6.92 Å². The zero-order valence-electron chi connectivity index (χ0n) is 5.96. The molecule has 0 fully saturated rings. The Kier molecular flexibility index (Phi) is 2.74. The van der Waals surface area contributed by atoms with Crippen molar-refractivity contribution >= 4 is 0 Å². The molecular formula is C7H13F. The van der Waals surface area contributed by atoms with Crippen molar-refractivity contribution in [1.82, 2.24) is 0 Å². The minimum absolute atomic E-state index is 0.0417. The molecule has 8 heavy (non-hydrogen) atoms. The molecule has 0 rings (SSSR count). The maximum absolute atomic E-state index is 12.2. The Labute approximate surface area is 50.4 Å². The second-order valence-corrected chi connectivity index (χ2v) is 2.37. The molecule has 0 aromatic carbocycles. The zero-order valence-corrected chi connectivity index (χ0v) is 5.96. The summed E-state index contributed by atoms with van der Waals surface area (Å²) in [7, 11) is 0. The van der Waals surface area contributed by atoms with Crippen LogP contribution < -0.4 is 0 Å². The average molecular weight is 116 g/mol. The fourth-order valence-corrected chi connectivity index (χ4v) is 0.398. The van der Waals surface area contributed by atoms with E-state index in [0.717, 1.165) is 5.57 Å². The van der Waals surface area contributed by atoms with Gasteiger partial charge in [0.2, 0.25) is 0 Å². The third kappa shape index (κ3) is 2.10. The molecule has 0 saturated carbocycles. The van der Waals surface area contributed by atoms with Crippen LogP contribution in [0.25, 0.3) is 0 Å². The Bertz CT molecular complexity index is 97.0. The zero-order chi connectivity index (χ0) is 6.73. The average Bonchev–Trinajstić information content (AvgIpc) is 1.64. The van der Waals surface area contributed by atoms with Gasteiger partial charge in [0.1, 0.15) is 0 Å². The molecule has 0 bridgehead atoms. The summed E-state index contributed by atoms with van der Waals surface area (Å²) >= 11 is 0. The molecule has 0 amide bonds. The van der Waals surface area contributed by atoms with E-state index in [1.807, 2.05) is 20.8 Å². The van der Waals surface area contributed by atoms with E-state index >= 15 is 0 Å². The predicted molar refractivity (Wildman–Crippen MR) is 34.3 cm³/mol. The molecule has 0 saturated heterocycles. The van der Waals surface area contributed by atoms with Gasteiger partial charge in [-0.15, -0.1) is 0 Å². The van der Waals surface area contributed by atoms with Gasteiger partial charge in [0.15, 0.2) is 0 Å². The van der Waals surface area contributed by atoms with Crippen molar-refractivity contribution in [1.29, 1.82) is 0 Å². The maximum atomic E-state index is 12.2. The second-order valence-electron chi connectivity index (χ2n) is 2.37. The Balaban J connectivity index is 4.00. The van der Waals surface area contributed by atoms with Gasteiger partial charge in [-0.25, -0.2) is 4.39 Å². The van der Waals surface area contributed by atoms with Gasteiger partial charge in [-0.3, -0.25) is 0 Å². The molecule has 0 radical (unpaired) electrons. The fourth-order valence-electron chi connectivity index (χ4n) is 0.398. The van der Waals surface area contributed by atoms with Gasteiger partial charge >= 0.3 is 0 Å². The highest BCUT2D eigenvalue weighted by Crippen LogP contribution is 2.13. The van der Waals surface area contributed by atoms with Gasteiger partial charge in [0.05, 0.1) is 5.83 Å². The van der Waals surface area contributed by atoms with Crippen LogP contribution in [-0.2, 0) is 0 Å². The van der Waals surface area contributed by atoms with Crippen molar-refractivity contribution in [2.75, 3.05) is 0 Å². The Hall–Kier alpha value is -0.330. The topological polar surface area (TPSA) is 0 Å². The minimum Gasteiger partial charge on any atom is -0.212 e. The summed E-state index contributed by atoms with van der Waals surface area (Å²) in [4.78, 5) is 0. The smallest absolute Gasteiger partial charge is 0.0960 e. The molecule has 1 heteroatoms. The SMILES string of the molecule is C/C(F)=C(\C)C(C)C. The van der Waals surface area contributed by atoms with Gasteiger partial charge in [-0.05, 0) is 25.3 Å². The third-order valence-electron chi connectivity index (χ3n) is 1.41. The molecule has 0 nitrogen and oxygen atoms in total. The first-order valence-electron chi connectivity index (χ1n) is 2.88. The Morgan fingerprint density at radius 2 is 1.62 bits per heavy atom. The lowest BCUT2D eigenvalue weighted by molar-refractivity contribution is 0.596. The second kappa shape index (κ2) is 2.85. The third-order valence-corrected chi connectivity index (χ3v) is 1.41. The van der Waals surface area contributed by atoms with Crippen LogP contribution in [0, 0.1) is 5.92 Å². The lowest BCUT2D eigenvalue weighted by atomic mass is 10.1. The van der Waals surface area contributed by atoms with Crippen molar-refractivity contribution in [2.24, 2.45) is 5.92 Å². The van der Waals surface area contributed by atoms with Crippen LogP contribution in [0.3, 0.4) is 0 Å². The van der Waals surface area contributed by atoms with Crippen LogP contribution in [0.15, 0.2) is 11.4 Å². The monoisotopic (exact) mass is 116 g/mol.